The fraction of sp³-hybridized carbons (Fsp3) is 0.500. The van der Waals surface area contributed by atoms with Crippen LogP contribution in [-0.4, -0.2) is 43.5 Å². The lowest BCUT2D eigenvalue weighted by molar-refractivity contribution is -0.136. The fourth-order valence-corrected chi connectivity index (χ4v) is 3.83. The van der Waals surface area contributed by atoms with Crippen LogP contribution in [0.2, 0.25) is 0 Å². The van der Waals surface area contributed by atoms with Crippen molar-refractivity contribution in [3.05, 3.63) is 23.3 Å². The Hall–Kier alpha value is -2.41. The summed E-state index contributed by atoms with van der Waals surface area (Å²) in [5.74, 6) is -1.25. The van der Waals surface area contributed by atoms with Gasteiger partial charge in [0.15, 0.2) is 0 Å². The van der Waals surface area contributed by atoms with E-state index in [1.165, 1.54) is 0 Å². The SMILES string of the molecule is O=C(NC[C@H]1CCCO1)C(=O)Nc1cc2c3c(c1)CC(=O)N3CCC2. The second-order valence-corrected chi connectivity index (χ2v) is 6.77. The molecule has 0 bridgehead atoms. The first-order valence-electron chi connectivity index (χ1n) is 8.79. The molecule has 3 heterocycles. The highest BCUT2D eigenvalue weighted by Crippen LogP contribution is 2.38. The molecule has 1 aromatic rings. The molecule has 7 heteroatoms. The average Bonchev–Trinajstić information content (AvgIpc) is 3.22. The van der Waals surface area contributed by atoms with Gasteiger partial charge in [0.05, 0.1) is 18.2 Å². The maximum absolute atomic E-state index is 12.1. The van der Waals surface area contributed by atoms with Crippen molar-refractivity contribution in [1.82, 2.24) is 5.32 Å². The number of ether oxygens (including phenoxy) is 1. The number of benzene rings is 1. The Morgan fingerprint density at radius 3 is 2.84 bits per heavy atom. The van der Waals surface area contributed by atoms with E-state index in [-0.39, 0.29) is 12.0 Å². The van der Waals surface area contributed by atoms with E-state index in [0.717, 1.165) is 49.0 Å². The molecule has 1 saturated heterocycles. The highest BCUT2D eigenvalue weighted by atomic mass is 16.5. The third-order valence-corrected chi connectivity index (χ3v) is 4.99. The van der Waals surface area contributed by atoms with Gasteiger partial charge in [0.25, 0.3) is 0 Å². The Bertz CT molecular complexity index is 740. The highest BCUT2D eigenvalue weighted by Gasteiger charge is 2.32. The number of carbonyl (C=O) groups excluding carboxylic acids is 3. The molecule has 4 rings (SSSR count). The molecule has 0 spiro atoms. The van der Waals surface area contributed by atoms with Gasteiger partial charge in [0, 0.05) is 25.4 Å². The van der Waals surface area contributed by atoms with Crippen molar-refractivity contribution in [3.63, 3.8) is 0 Å². The number of amides is 3. The quantitative estimate of drug-likeness (QED) is 0.793. The smallest absolute Gasteiger partial charge is 0.313 e. The van der Waals surface area contributed by atoms with Crippen LogP contribution in [0, 0.1) is 0 Å². The lowest BCUT2D eigenvalue weighted by atomic mass is 9.99. The van der Waals surface area contributed by atoms with Crippen LogP contribution in [0.25, 0.3) is 0 Å². The zero-order valence-electron chi connectivity index (χ0n) is 14.0. The summed E-state index contributed by atoms with van der Waals surface area (Å²) in [6.45, 7) is 1.82. The summed E-state index contributed by atoms with van der Waals surface area (Å²) in [6, 6.07) is 3.67. The van der Waals surface area contributed by atoms with Gasteiger partial charge in [-0.3, -0.25) is 14.4 Å². The van der Waals surface area contributed by atoms with Gasteiger partial charge in [0.1, 0.15) is 0 Å². The van der Waals surface area contributed by atoms with E-state index >= 15 is 0 Å². The number of rotatable bonds is 3. The van der Waals surface area contributed by atoms with E-state index in [1.807, 2.05) is 11.0 Å². The molecule has 0 radical (unpaired) electrons. The predicted octanol–water partition coefficient (Wildman–Crippen LogP) is 0.756. The van der Waals surface area contributed by atoms with Crippen LogP contribution >= 0.6 is 0 Å². The molecule has 1 atom stereocenters. The average molecular weight is 343 g/mol. The first kappa shape index (κ1) is 16.1. The monoisotopic (exact) mass is 343 g/mol. The van der Waals surface area contributed by atoms with E-state index in [4.69, 9.17) is 4.74 Å². The molecule has 2 N–H and O–H groups in total. The summed E-state index contributed by atoms with van der Waals surface area (Å²) in [5, 5.41) is 5.27. The molecular weight excluding hydrogens is 322 g/mol. The molecule has 3 amide bonds. The van der Waals surface area contributed by atoms with Crippen molar-refractivity contribution in [2.24, 2.45) is 0 Å². The number of nitrogens with one attached hydrogen (secondary N) is 2. The van der Waals surface area contributed by atoms with E-state index in [2.05, 4.69) is 10.6 Å². The van der Waals surface area contributed by atoms with Gasteiger partial charge in [0.2, 0.25) is 5.91 Å². The number of hydrogen-bond acceptors (Lipinski definition) is 4. The van der Waals surface area contributed by atoms with Crippen LogP contribution in [-0.2, 0) is 32.0 Å². The minimum atomic E-state index is -0.692. The summed E-state index contributed by atoms with van der Waals surface area (Å²) >= 11 is 0. The number of anilines is 2. The Kier molecular flexibility index (Phi) is 4.17. The lowest BCUT2D eigenvalue weighted by Crippen LogP contribution is -2.39. The van der Waals surface area contributed by atoms with Gasteiger partial charge in [-0.15, -0.1) is 0 Å². The summed E-state index contributed by atoms with van der Waals surface area (Å²) < 4.78 is 5.43. The van der Waals surface area contributed by atoms with Crippen LogP contribution in [0.15, 0.2) is 12.1 Å². The van der Waals surface area contributed by atoms with Crippen LogP contribution in [0.5, 0.6) is 0 Å². The van der Waals surface area contributed by atoms with E-state index in [9.17, 15) is 14.4 Å². The van der Waals surface area contributed by atoms with Crippen LogP contribution < -0.4 is 15.5 Å². The second kappa shape index (κ2) is 6.48. The number of nitrogens with zero attached hydrogens (tertiary/aromatic N) is 1. The Balaban J connectivity index is 1.42. The minimum absolute atomic E-state index is 0.00167. The molecule has 1 fully saturated rings. The molecular formula is C18H21N3O4. The van der Waals surface area contributed by atoms with E-state index < -0.39 is 11.8 Å². The van der Waals surface area contributed by atoms with Gasteiger partial charge in [-0.25, -0.2) is 0 Å². The van der Waals surface area contributed by atoms with Crippen molar-refractivity contribution in [3.8, 4) is 0 Å². The molecule has 0 unspecified atom stereocenters. The van der Waals surface area contributed by atoms with E-state index in [1.54, 1.807) is 6.07 Å². The van der Waals surface area contributed by atoms with Crippen molar-refractivity contribution in [1.29, 1.82) is 0 Å². The number of carbonyl (C=O) groups is 3. The molecule has 3 aliphatic rings. The zero-order valence-corrected chi connectivity index (χ0v) is 14.0. The van der Waals surface area contributed by atoms with Crippen molar-refractivity contribution >= 4 is 29.1 Å². The van der Waals surface area contributed by atoms with Gasteiger partial charge < -0.3 is 20.3 Å². The number of hydrogen-bond donors (Lipinski definition) is 2. The molecule has 25 heavy (non-hydrogen) atoms. The van der Waals surface area contributed by atoms with E-state index in [0.29, 0.717) is 25.3 Å². The van der Waals surface area contributed by atoms with Gasteiger partial charge >= 0.3 is 11.8 Å². The molecule has 0 saturated carbocycles. The Morgan fingerprint density at radius 1 is 1.20 bits per heavy atom. The lowest BCUT2D eigenvalue weighted by Gasteiger charge is -2.26. The second-order valence-electron chi connectivity index (χ2n) is 6.77. The van der Waals surface area contributed by atoms with Gasteiger partial charge in [-0.05, 0) is 48.9 Å². The predicted molar refractivity (Wildman–Crippen MR) is 91.4 cm³/mol. The number of aryl methyl sites for hydroxylation is 1. The Labute approximate surface area is 145 Å². The highest BCUT2D eigenvalue weighted by molar-refractivity contribution is 6.39. The Morgan fingerprint density at radius 2 is 2.04 bits per heavy atom. The summed E-state index contributed by atoms with van der Waals surface area (Å²) in [5.41, 5.74) is 3.56. The minimum Gasteiger partial charge on any atom is -0.376 e. The first-order chi connectivity index (χ1) is 12.1. The third-order valence-electron chi connectivity index (χ3n) is 4.99. The maximum Gasteiger partial charge on any atom is 0.313 e. The zero-order chi connectivity index (χ0) is 17.4. The van der Waals surface area contributed by atoms with Crippen LogP contribution in [0.4, 0.5) is 11.4 Å². The van der Waals surface area contributed by atoms with Crippen molar-refractivity contribution in [2.75, 3.05) is 29.9 Å². The third kappa shape index (κ3) is 3.11. The first-order valence-corrected chi connectivity index (χ1v) is 8.79. The normalized spacial score (nSPS) is 21.2. The summed E-state index contributed by atoms with van der Waals surface area (Å²) in [4.78, 5) is 38.0. The topological polar surface area (TPSA) is 87.7 Å². The summed E-state index contributed by atoms with van der Waals surface area (Å²) in [7, 11) is 0. The fourth-order valence-electron chi connectivity index (χ4n) is 3.83. The van der Waals surface area contributed by atoms with Crippen molar-refractivity contribution < 1.29 is 19.1 Å². The molecule has 0 aromatic heterocycles. The maximum atomic E-state index is 12.1. The molecule has 0 aliphatic carbocycles. The van der Waals surface area contributed by atoms with Crippen LogP contribution in [0.1, 0.15) is 30.4 Å². The summed E-state index contributed by atoms with van der Waals surface area (Å²) in [6.07, 6.45) is 4.04. The molecule has 3 aliphatic heterocycles. The van der Waals surface area contributed by atoms with Crippen molar-refractivity contribution in [2.45, 2.75) is 38.2 Å². The van der Waals surface area contributed by atoms with Gasteiger partial charge in [-0.1, -0.05) is 0 Å². The van der Waals surface area contributed by atoms with Crippen LogP contribution in [0.3, 0.4) is 0 Å². The molecule has 132 valence electrons. The molecule has 7 nitrogen and oxygen atoms in total. The van der Waals surface area contributed by atoms with Gasteiger partial charge in [-0.2, -0.15) is 0 Å². The standard InChI is InChI=1S/C18H21N3O4/c22-15-9-12-8-13(7-11-3-1-5-21(15)16(11)12)20-18(24)17(23)19-10-14-4-2-6-25-14/h7-8,14H,1-6,9-10H2,(H,19,23)(H,20,24)/t14-/m1/s1. The largest absolute Gasteiger partial charge is 0.376 e. The molecule has 1 aromatic carbocycles.